The molecule has 1 rings (SSSR count). The van der Waals surface area contributed by atoms with Crippen LogP contribution in [-0.2, 0) is 4.79 Å². The van der Waals surface area contributed by atoms with Crippen molar-refractivity contribution in [1.29, 1.82) is 0 Å². The Morgan fingerprint density at radius 1 is 1.33 bits per heavy atom. The largest absolute Gasteiger partial charge is 0.510 e. The molecule has 0 fully saturated rings. The highest BCUT2D eigenvalue weighted by Crippen LogP contribution is 2.09. The summed E-state index contributed by atoms with van der Waals surface area (Å²) < 4.78 is 0. The molecule has 1 aromatic rings. The van der Waals surface area contributed by atoms with Crippen LogP contribution in [0, 0.1) is 4.91 Å². The number of carbonyl (C=O) groups excluding carboxylic acids is 1. The molecule has 0 spiro atoms. The summed E-state index contributed by atoms with van der Waals surface area (Å²) in [5.74, 6) is -1.13. The molecule has 0 saturated carbocycles. The lowest BCUT2D eigenvalue weighted by atomic mass is 10.3. The van der Waals surface area contributed by atoms with E-state index in [0.717, 1.165) is 0 Å². The van der Waals surface area contributed by atoms with E-state index in [9.17, 15) is 9.70 Å². The lowest BCUT2D eigenvalue weighted by molar-refractivity contribution is -0.113. The van der Waals surface area contributed by atoms with Crippen molar-refractivity contribution < 1.29 is 9.90 Å². The van der Waals surface area contributed by atoms with E-state index < -0.39 is 17.4 Å². The summed E-state index contributed by atoms with van der Waals surface area (Å²) in [5, 5.41) is 13.9. The van der Waals surface area contributed by atoms with Crippen LogP contribution in [0.4, 0.5) is 5.69 Å². The molecule has 0 aliphatic carbocycles. The van der Waals surface area contributed by atoms with E-state index >= 15 is 0 Å². The summed E-state index contributed by atoms with van der Waals surface area (Å²) in [6.07, 6.45) is 0. The van der Waals surface area contributed by atoms with Gasteiger partial charge in [0.25, 0.3) is 5.91 Å². The van der Waals surface area contributed by atoms with Crippen LogP contribution in [0.1, 0.15) is 6.92 Å². The second-order valence-electron chi connectivity index (χ2n) is 2.85. The number of benzene rings is 1. The molecule has 5 nitrogen and oxygen atoms in total. The minimum Gasteiger partial charge on any atom is -0.510 e. The first-order chi connectivity index (χ1) is 7.15. The Balaban J connectivity index is 2.81. The lowest BCUT2D eigenvalue weighted by Gasteiger charge is -2.03. The molecular formula is C10H10N2O3. The van der Waals surface area contributed by atoms with Gasteiger partial charge >= 0.3 is 0 Å². The maximum absolute atomic E-state index is 11.4. The lowest BCUT2D eigenvalue weighted by Crippen LogP contribution is -2.14. The standard InChI is InChI=1S/C10H10N2O3/c1-7(13)9(12-15)10(14)11-8-5-3-2-4-6-8/h2-6,13H,1H3,(H,11,14). The molecular weight excluding hydrogens is 196 g/mol. The Morgan fingerprint density at radius 2 is 1.93 bits per heavy atom. The van der Waals surface area contributed by atoms with Crippen LogP contribution in [0.15, 0.2) is 47.0 Å². The monoisotopic (exact) mass is 206 g/mol. The number of rotatable bonds is 3. The van der Waals surface area contributed by atoms with Gasteiger partial charge in [0.05, 0.1) is 0 Å². The third-order valence-electron chi connectivity index (χ3n) is 1.68. The number of aliphatic hydroxyl groups is 1. The van der Waals surface area contributed by atoms with Crippen molar-refractivity contribution in [3.8, 4) is 0 Å². The number of hydrogen-bond acceptors (Lipinski definition) is 4. The Kier molecular flexibility index (Phi) is 3.56. The van der Waals surface area contributed by atoms with Crippen molar-refractivity contribution in [2.24, 2.45) is 5.18 Å². The first-order valence-electron chi connectivity index (χ1n) is 4.24. The number of carbonyl (C=O) groups is 1. The average molecular weight is 206 g/mol. The fourth-order valence-corrected chi connectivity index (χ4v) is 0.984. The van der Waals surface area contributed by atoms with Crippen LogP contribution < -0.4 is 5.32 Å². The van der Waals surface area contributed by atoms with Gasteiger partial charge in [0, 0.05) is 5.69 Å². The molecule has 15 heavy (non-hydrogen) atoms. The predicted molar refractivity (Wildman–Crippen MR) is 56.2 cm³/mol. The Morgan fingerprint density at radius 3 is 2.40 bits per heavy atom. The first-order valence-corrected chi connectivity index (χ1v) is 4.24. The normalized spacial score (nSPS) is 11.5. The summed E-state index contributed by atoms with van der Waals surface area (Å²) in [7, 11) is 0. The van der Waals surface area contributed by atoms with Crippen LogP contribution in [-0.4, -0.2) is 11.0 Å². The molecule has 1 aromatic carbocycles. The van der Waals surface area contributed by atoms with Gasteiger partial charge in [-0.15, -0.1) is 4.91 Å². The summed E-state index contributed by atoms with van der Waals surface area (Å²) >= 11 is 0. The molecule has 0 bridgehead atoms. The minimum absolute atomic E-state index is 0.404. The van der Waals surface area contributed by atoms with Crippen molar-refractivity contribution in [3.05, 3.63) is 46.7 Å². The second kappa shape index (κ2) is 4.90. The van der Waals surface area contributed by atoms with Crippen molar-refractivity contribution in [1.82, 2.24) is 0 Å². The fourth-order valence-electron chi connectivity index (χ4n) is 0.984. The van der Waals surface area contributed by atoms with E-state index in [0.29, 0.717) is 5.69 Å². The van der Waals surface area contributed by atoms with Gasteiger partial charge in [-0.1, -0.05) is 18.2 Å². The number of allylic oxidation sites excluding steroid dienone is 1. The smallest absolute Gasteiger partial charge is 0.281 e. The van der Waals surface area contributed by atoms with Gasteiger partial charge < -0.3 is 10.4 Å². The van der Waals surface area contributed by atoms with Gasteiger partial charge in [-0.3, -0.25) is 4.79 Å². The van der Waals surface area contributed by atoms with Crippen LogP contribution in [0.2, 0.25) is 0 Å². The van der Waals surface area contributed by atoms with E-state index in [4.69, 9.17) is 5.11 Å². The number of nitrogens with one attached hydrogen (secondary N) is 1. The maximum atomic E-state index is 11.4. The molecule has 0 aliphatic rings. The number of anilines is 1. The summed E-state index contributed by atoms with van der Waals surface area (Å²) in [4.78, 5) is 21.6. The molecule has 78 valence electrons. The molecule has 1 amide bonds. The maximum Gasteiger partial charge on any atom is 0.281 e. The van der Waals surface area contributed by atoms with E-state index in [1.165, 1.54) is 6.92 Å². The van der Waals surface area contributed by atoms with Crippen LogP contribution >= 0.6 is 0 Å². The Bertz CT molecular complexity index is 394. The fraction of sp³-hybridized carbons (Fsp3) is 0.100. The highest BCUT2D eigenvalue weighted by molar-refractivity contribution is 6.03. The van der Waals surface area contributed by atoms with Crippen LogP contribution in [0.25, 0.3) is 0 Å². The van der Waals surface area contributed by atoms with Gasteiger partial charge in [-0.25, -0.2) is 0 Å². The summed E-state index contributed by atoms with van der Waals surface area (Å²) in [6.45, 7) is 1.22. The average Bonchev–Trinajstić information content (AvgIpc) is 2.19. The molecule has 5 heteroatoms. The quantitative estimate of drug-likeness (QED) is 0.452. The van der Waals surface area contributed by atoms with Gasteiger partial charge in [0.15, 0.2) is 0 Å². The topological polar surface area (TPSA) is 78.8 Å². The third kappa shape index (κ3) is 2.91. The zero-order valence-electron chi connectivity index (χ0n) is 8.10. The van der Waals surface area contributed by atoms with Gasteiger partial charge in [0.1, 0.15) is 5.76 Å². The molecule has 0 saturated heterocycles. The van der Waals surface area contributed by atoms with E-state index in [1.807, 2.05) is 0 Å². The number of para-hydroxylation sites is 1. The molecule has 0 aliphatic heterocycles. The van der Waals surface area contributed by atoms with E-state index in [-0.39, 0.29) is 0 Å². The van der Waals surface area contributed by atoms with E-state index in [1.54, 1.807) is 30.3 Å². The molecule has 2 N–H and O–H groups in total. The van der Waals surface area contributed by atoms with Gasteiger partial charge in [-0.2, -0.15) is 0 Å². The van der Waals surface area contributed by atoms with Crippen molar-refractivity contribution >= 4 is 11.6 Å². The second-order valence-corrected chi connectivity index (χ2v) is 2.85. The first kappa shape index (κ1) is 10.9. The highest BCUT2D eigenvalue weighted by Gasteiger charge is 2.13. The molecule has 0 unspecified atom stereocenters. The molecule has 0 radical (unpaired) electrons. The Hall–Kier alpha value is -2.17. The zero-order chi connectivity index (χ0) is 11.3. The third-order valence-corrected chi connectivity index (χ3v) is 1.68. The van der Waals surface area contributed by atoms with E-state index in [2.05, 4.69) is 10.5 Å². The van der Waals surface area contributed by atoms with Crippen molar-refractivity contribution in [3.63, 3.8) is 0 Å². The van der Waals surface area contributed by atoms with Crippen molar-refractivity contribution in [2.75, 3.05) is 5.32 Å². The molecule has 0 atom stereocenters. The highest BCUT2D eigenvalue weighted by atomic mass is 16.3. The Labute approximate surface area is 86.4 Å². The predicted octanol–water partition coefficient (Wildman–Crippen LogP) is 2.18. The zero-order valence-corrected chi connectivity index (χ0v) is 8.10. The van der Waals surface area contributed by atoms with Gasteiger partial charge in [-0.05, 0) is 24.2 Å². The van der Waals surface area contributed by atoms with Gasteiger partial charge in [0.2, 0.25) is 5.70 Å². The minimum atomic E-state index is -0.726. The number of nitroso groups, excluding NO2 is 1. The van der Waals surface area contributed by atoms with Crippen LogP contribution in [0.3, 0.4) is 0 Å². The SMILES string of the molecule is CC(O)=C(N=O)C(=O)Nc1ccccc1. The summed E-state index contributed by atoms with van der Waals surface area (Å²) in [6, 6.07) is 8.58. The molecule has 0 heterocycles. The number of aliphatic hydroxyl groups excluding tert-OH is 1. The number of amides is 1. The number of hydrogen-bond donors (Lipinski definition) is 2. The molecule has 0 aromatic heterocycles. The van der Waals surface area contributed by atoms with Crippen molar-refractivity contribution in [2.45, 2.75) is 6.92 Å². The summed E-state index contributed by atoms with van der Waals surface area (Å²) in [5.41, 5.74) is 0.0174. The van der Waals surface area contributed by atoms with Crippen LogP contribution in [0.5, 0.6) is 0 Å². The number of nitrogens with zero attached hydrogens (tertiary/aromatic N) is 1.